The number of fused-ring (bicyclic) bond motifs is 1. The maximum atomic E-state index is 12.8. The Balaban J connectivity index is 1.33. The fraction of sp³-hybridized carbons (Fsp3) is 0.350. The van der Waals surface area contributed by atoms with Crippen molar-refractivity contribution >= 4 is 29.5 Å². The highest BCUT2D eigenvalue weighted by Gasteiger charge is 2.39. The number of rotatable bonds is 4. The number of benzene rings is 1. The van der Waals surface area contributed by atoms with Gasteiger partial charge in [0.15, 0.2) is 0 Å². The first kappa shape index (κ1) is 20.0. The van der Waals surface area contributed by atoms with Crippen molar-refractivity contribution in [1.82, 2.24) is 30.1 Å². The van der Waals surface area contributed by atoms with Crippen LogP contribution >= 0.6 is 0 Å². The first-order valence-corrected chi connectivity index (χ1v) is 10.0. The highest BCUT2D eigenvalue weighted by Crippen LogP contribution is 2.29. The first-order valence-electron chi connectivity index (χ1n) is 10.0. The molecule has 0 bridgehead atoms. The van der Waals surface area contributed by atoms with Crippen molar-refractivity contribution in [3.8, 4) is 5.69 Å². The summed E-state index contributed by atoms with van der Waals surface area (Å²) in [6.45, 7) is -0.0643. The molecule has 12 nitrogen and oxygen atoms in total. The smallest absolute Gasteiger partial charge is 0.255 e. The number of imide groups is 2. The van der Waals surface area contributed by atoms with Gasteiger partial charge in [0.1, 0.15) is 24.9 Å². The number of nitrogens with one attached hydrogen (secondary N) is 1. The number of amides is 5. The van der Waals surface area contributed by atoms with E-state index in [1.807, 2.05) is 0 Å². The van der Waals surface area contributed by atoms with Crippen LogP contribution in [0.25, 0.3) is 5.69 Å². The summed E-state index contributed by atoms with van der Waals surface area (Å²) in [5, 5.41) is 10.4. The summed E-state index contributed by atoms with van der Waals surface area (Å²) in [7, 11) is 0. The van der Waals surface area contributed by atoms with Crippen LogP contribution in [0.2, 0.25) is 0 Å². The minimum absolute atomic E-state index is 0.00621. The molecule has 0 saturated carbocycles. The minimum atomic E-state index is -0.683. The molecule has 0 aliphatic carbocycles. The quantitative estimate of drug-likeness (QED) is 0.594. The average Bonchev–Trinajstić information content (AvgIpc) is 3.35. The lowest BCUT2D eigenvalue weighted by atomic mass is 10.0. The van der Waals surface area contributed by atoms with Crippen molar-refractivity contribution in [2.45, 2.75) is 32.0 Å². The molecule has 1 aromatic carbocycles. The van der Waals surface area contributed by atoms with Crippen LogP contribution in [0.3, 0.4) is 0 Å². The summed E-state index contributed by atoms with van der Waals surface area (Å²) in [5.74, 6) is -1.92. The maximum Gasteiger partial charge on any atom is 0.255 e. The van der Waals surface area contributed by atoms with Gasteiger partial charge in [-0.2, -0.15) is 0 Å². The van der Waals surface area contributed by atoms with Gasteiger partial charge in [0.05, 0.1) is 18.4 Å². The van der Waals surface area contributed by atoms with E-state index in [4.69, 9.17) is 4.74 Å². The van der Waals surface area contributed by atoms with Crippen LogP contribution in [0.5, 0.6) is 0 Å². The average molecular weight is 438 g/mol. The molecule has 4 heterocycles. The molecule has 2 aromatic rings. The normalized spacial score (nSPS) is 21.2. The standard InChI is InChI=1S/C20H18N6O6/c27-16-4-3-15(19(30)21-16)24-6-11-5-13(1-2-14(11)20(24)31)26-8-12(22-23-26)7-25-17(28)9-32-10-18(25)29/h1-2,5,8,15H,3-4,6-7,9-10H2,(H,21,27,30). The summed E-state index contributed by atoms with van der Waals surface area (Å²) in [6, 6.07) is 4.46. The number of carbonyl (C=O) groups is 5. The second-order valence-electron chi connectivity index (χ2n) is 7.76. The number of morpholine rings is 1. The van der Waals surface area contributed by atoms with Crippen LogP contribution in [-0.4, -0.2) is 73.6 Å². The topological polar surface area (TPSA) is 144 Å². The molecule has 5 amide bonds. The molecule has 0 spiro atoms. The third-order valence-corrected chi connectivity index (χ3v) is 5.69. The molecule has 164 valence electrons. The number of hydrogen-bond donors (Lipinski definition) is 1. The fourth-order valence-electron chi connectivity index (χ4n) is 4.06. The zero-order valence-electron chi connectivity index (χ0n) is 16.8. The van der Waals surface area contributed by atoms with E-state index in [1.165, 1.54) is 9.58 Å². The van der Waals surface area contributed by atoms with Gasteiger partial charge in [0.2, 0.25) is 11.8 Å². The lowest BCUT2D eigenvalue weighted by Crippen LogP contribution is -2.52. The lowest BCUT2D eigenvalue weighted by molar-refractivity contribution is -0.159. The lowest BCUT2D eigenvalue weighted by Gasteiger charge is -2.29. The maximum absolute atomic E-state index is 12.8. The van der Waals surface area contributed by atoms with Gasteiger partial charge in [0, 0.05) is 18.5 Å². The van der Waals surface area contributed by atoms with Gasteiger partial charge >= 0.3 is 0 Å². The monoisotopic (exact) mass is 438 g/mol. The molecular formula is C20H18N6O6. The van der Waals surface area contributed by atoms with E-state index in [1.54, 1.807) is 24.4 Å². The number of aromatic nitrogens is 3. The van der Waals surface area contributed by atoms with Crippen molar-refractivity contribution in [2.24, 2.45) is 0 Å². The van der Waals surface area contributed by atoms with E-state index in [-0.39, 0.29) is 44.5 Å². The van der Waals surface area contributed by atoms with Crippen LogP contribution in [0.1, 0.15) is 34.5 Å². The SMILES string of the molecule is O=C1CCC(N2Cc3cc(-n4cc(CN5C(=O)COCC5=O)nn4)ccc3C2=O)C(=O)N1. The van der Waals surface area contributed by atoms with Gasteiger partial charge in [-0.15, -0.1) is 5.10 Å². The van der Waals surface area contributed by atoms with Gasteiger partial charge in [-0.05, 0) is 30.2 Å². The molecule has 0 radical (unpaired) electrons. The Kier molecular flexibility index (Phi) is 4.78. The highest BCUT2D eigenvalue weighted by molar-refractivity contribution is 6.05. The molecule has 32 heavy (non-hydrogen) atoms. The van der Waals surface area contributed by atoms with Crippen LogP contribution in [0, 0.1) is 0 Å². The molecule has 1 atom stereocenters. The van der Waals surface area contributed by atoms with Crippen molar-refractivity contribution in [3.05, 3.63) is 41.2 Å². The third-order valence-electron chi connectivity index (χ3n) is 5.69. The van der Waals surface area contributed by atoms with E-state index in [0.29, 0.717) is 23.4 Å². The van der Waals surface area contributed by atoms with Crippen molar-refractivity contribution in [2.75, 3.05) is 13.2 Å². The second-order valence-corrected chi connectivity index (χ2v) is 7.76. The molecule has 1 aromatic heterocycles. The highest BCUT2D eigenvalue weighted by atomic mass is 16.5. The number of carbonyl (C=O) groups excluding carboxylic acids is 5. The third kappa shape index (κ3) is 3.43. The molecule has 1 N–H and O–H groups in total. The van der Waals surface area contributed by atoms with Gasteiger partial charge in [-0.3, -0.25) is 34.2 Å². The predicted molar refractivity (Wildman–Crippen MR) is 104 cm³/mol. The number of ether oxygens (including phenoxy) is 1. The van der Waals surface area contributed by atoms with Crippen LogP contribution in [0.4, 0.5) is 0 Å². The molecule has 3 aliphatic rings. The Morgan fingerprint density at radius 1 is 1.09 bits per heavy atom. The summed E-state index contributed by atoms with van der Waals surface area (Å²) < 4.78 is 6.39. The number of hydrogen-bond acceptors (Lipinski definition) is 8. The summed E-state index contributed by atoms with van der Waals surface area (Å²) in [6.07, 6.45) is 2.09. The van der Waals surface area contributed by atoms with E-state index < -0.39 is 23.8 Å². The first-order chi connectivity index (χ1) is 15.4. The van der Waals surface area contributed by atoms with Gasteiger partial charge in [-0.1, -0.05) is 5.21 Å². The fourth-order valence-corrected chi connectivity index (χ4v) is 4.06. The van der Waals surface area contributed by atoms with Gasteiger partial charge < -0.3 is 9.64 Å². The van der Waals surface area contributed by atoms with E-state index in [0.717, 1.165) is 10.5 Å². The molecule has 1 unspecified atom stereocenters. The molecule has 12 heteroatoms. The predicted octanol–water partition coefficient (Wildman–Crippen LogP) is -1.09. The molecular weight excluding hydrogens is 420 g/mol. The van der Waals surface area contributed by atoms with Crippen LogP contribution in [0.15, 0.2) is 24.4 Å². The van der Waals surface area contributed by atoms with E-state index >= 15 is 0 Å². The van der Waals surface area contributed by atoms with E-state index in [2.05, 4.69) is 15.6 Å². The Morgan fingerprint density at radius 3 is 2.62 bits per heavy atom. The summed E-state index contributed by atoms with van der Waals surface area (Å²) in [5.41, 5.74) is 2.28. The number of piperidine rings is 1. The Morgan fingerprint density at radius 2 is 1.88 bits per heavy atom. The molecule has 2 saturated heterocycles. The van der Waals surface area contributed by atoms with Crippen molar-refractivity contribution < 1.29 is 28.7 Å². The Bertz CT molecular complexity index is 1160. The van der Waals surface area contributed by atoms with Crippen molar-refractivity contribution in [3.63, 3.8) is 0 Å². The van der Waals surface area contributed by atoms with Crippen LogP contribution < -0.4 is 5.32 Å². The zero-order valence-corrected chi connectivity index (χ0v) is 16.8. The largest absolute Gasteiger partial charge is 0.362 e. The number of nitrogens with zero attached hydrogens (tertiary/aromatic N) is 5. The molecule has 3 aliphatic heterocycles. The second kappa shape index (κ2) is 7.64. The Labute approximate surface area is 181 Å². The van der Waals surface area contributed by atoms with Gasteiger partial charge in [-0.25, -0.2) is 4.68 Å². The minimum Gasteiger partial charge on any atom is -0.362 e. The van der Waals surface area contributed by atoms with E-state index in [9.17, 15) is 24.0 Å². The molecule has 5 rings (SSSR count). The summed E-state index contributed by atoms with van der Waals surface area (Å²) in [4.78, 5) is 62.7. The van der Waals surface area contributed by atoms with Crippen LogP contribution in [-0.2, 0) is 37.0 Å². The summed E-state index contributed by atoms with van der Waals surface area (Å²) >= 11 is 0. The zero-order chi connectivity index (χ0) is 22.4. The molecule has 2 fully saturated rings. The van der Waals surface area contributed by atoms with Gasteiger partial charge in [0.25, 0.3) is 17.7 Å². The Hall–Kier alpha value is -3.93. The van der Waals surface area contributed by atoms with Crippen molar-refractivity contribution in [1.29, 1.82) is 0 Å².